The second-order valence-electron chi connectivity index (χ2n) is 2.18. The molecular weight excluding hydrogens is 215 g/mol. The van der Waals surface area contributed by atoms with Crippen molar-refractivity contribution in [2.75, 3.05) is 7.11 Å². The van der Waals surface area contributed by atoms with Gasteiger partial charge < -0.3 is 4.74 Å². The summed E-state index contributed by atoms with van der Waals surface area (Å²) in [5, 5.41) is 0.324. The van der Waals surface area contributed by atoms with E-state index in [0.717, 1.165) is 0 Å². The lowest BCUT2D eigenvalue weighted by Gasteiger charge is -2.01. The van der Waals surface area contributed by atoms with Gasteiger partial charge in [0.05, 0.1) is 19.2 Å². The van der Waals surface area contributed by atoms with Gasteiger partial charge in [-0.1, -0.05) is 23.2 Å². The number of methoxy groups -OCH3 is 1. The van der Waals surface area contributed by atoms with Gasteiger partial charge in [0.2, 0.25) is 0 Å². The molecule has 0 bridgehead atoms. The van der Waals surface area contributed by atoms with Crippen LogP contribution in [0.4, 0.5) is 0 Å². The maximum atomic E-state index is 10.9. The fourth-order valence-corrected chi connectivity index (χ4v) is 1.03. The van der Waals surface area contributed by atoms with Crippen molar-refractivity contribution in [3.8, 4) is 0 Å². The molecule has 13 heavy (non-hydrogen) atoms. The van der Waals surface area contributed by atoms with E-state index in [1.807, 2.05) is 0 Å². The molecule has 1 heterocycles. The van der Waals surface area contributed by atoms with Crippen molar-refractivity contribution >= 4 is 29.2 Å². The lowest BCUT2D eigenvalue weighted by Crippen LogP contribution is -2.07. The van der Waals surface area contributed by atoms with E-state index >= 15 is 0 Å². The van der Waals surface area contributed by atoms with Crippen LogP contribution in [0.3, 0.4) is 0 Å². The molecule has 0 aromatic carbocycles. The van der Waals surface area contributed by atoms with E-state index in [0.29, 0.717) is 5.69 Å². The number of nitrogens with zero attached hydrogens (tertiary/aromatic N) is 2. The van der Waals surface area contributed by atoms with Crippen molar-refractivity contribution in [3.05, 3.63) is 22.2 Å². The molecule has 0 atom stereocenters. The highest BCUT2D eigenvalue weighted by Gasteiger charge is 2.11. The van der Waals surface area contributed by atoms with Gasteiger partial charge in [0.15, 0.2) is 5.15 Å². The maximum Gasteiger partial charge on any atom is 0.311 e. The van der Waals surface area contributed by atoms with Gasteiger partial charge in [-0.05, 0) is 0 Å². The molecule has 0 radical (unpaired) electrons. The summed E-state index contributed by atoms with van der Waals surface area (Å²) in [7, 11) is 1.29. The minimum absolute atomic E-state index is 0.00241. The summed E-state index contributed by atoms with van der Waals surface area (Å²) in [5.41, 5.74) is 0.369. The number of hydrogen-bond acceptors (Lipinski definition) is 4. The third kappa shape index (κ3) is 2.54. The average Bonchev–Trinajstić information content (AvgIpc) is 2.13. The Labute approximate surface area is 84.8 Å². The molecule has 1 aromatic heterocycles. The number of esters is 1. The zero-order valence-electron chi connectivity index (χ0n) is 6.75. The highest BCUT2D eigenvalue weighted by atomic mass is 35.5. The summed E-state index contributed by atoms with van der Waals surface area (Å²) in [6.07, 6.45) is 1.24. The topological polar surface area (TPSA) is 52.1 Å². The molecule has 0 unspecified atom stereocenters. The van der Waals surface area contributed by atoms with Crippen molar-refractivity contribution in [1.82, 2.24) is 9.97 Å². The normalized spacial score (nSPS) is 9.77. The molecular formula is C7H6Cl2N2O2. The quantitative estimate of drug-likeness (QED) is 0.560. The second-order valence-corrected chi connectivity index (χ2v) is 2.91. The molecule has 0 spiro atoms. The van der Waals surface area contributed by atoms with E-state index in [1.54, 1.807) is 0 Å². The van der Waals surface area contributed by atoms with Crippen LogP contribution in [0.15, 0.2) is 6.33 Å². The molecule has 0 N–H and O–H groups in total. The zero-order valence-corrected chi connectivity index (χ0v) is 8.26. The van der Waals surface area contributed by atoms with E-state index in [9.17, 15) is 4.79 Å². The molecule has 0 saturated heterocycles. The molecule has 1 rings (SSSR count). The Hall–Kier alpha value is -0.870. The predicted octanol–water partition coefficient (Wildman–Crippen LogP) is 1.50. The predicted molar refractivity (Wildman–Crippen MR) is 47.8 cm³/mol. The third-order valence-corrected chi connectivity index (χ3v) is 2.14. The van der Waals surface area contributed by atoms with Crippen LogP contribution in [0.1, 0.15) is 5.69 Å². The summed E-state index contributed by atoms with van der Waals surface area (Å²) in [6, 6.07) is 0. The number of ether oxygens (including phenoxy) is 1. The monoisotopic (exact) mass is 220 g/mol. The van der Waals surface area contributed by atoms with Gasteiger partial charge in [-0.25, -0.2) is 9.97 Å². The van der Waals surface area contributed by atoms with E-state index in [1.165, 1.54) is 13.4 Å². The summed E-state index contributed by atoms with van der Waals surface area (Å²) >= 11 is 11.3. The Morgan fingerprint density at radius 1 is 1.54 bits per heavy atom. The Balaban J connectivity index is 2.89. The Kier molecular flexibility index (Phi) is 3.45. The van der Waals surface area contributed by atoms with E-state index < -0.39 is 5.97 Å². The van der Waals surface area contributed by atoms with Gasteiger partial charge in [-0.15, -0.1) is 0 Å². The Morgan fingerprint density at radius 3 is 2.85 bits per heavy atom. The molecule has 6 heteroatoms. The maximum absolute atomic E-state index is 10.9. The van der Waals surface area contributed by atoms with Crippen LogP contribution in [0.2, 0.25) is 10.2 Å². The molecule has 0 aliphatic rings. The van der Waals surface area contributed by atoms with E-state index in [2.05, 4.69) is 14.7 Å². The smallest absolute Gasteiger partial charge is 0.311 e. The van der Waals surface area contributed by atoms with Crippen LogP contribution in [0.5, 0.6) is 0 Å². The number of aromatic nitrogens is 2. The van der Waals surface area contributed by atoms with Crippen molar-refractivity contribution < 1.29 is 9.53 Å². The number of halogens is 2. The fraction of sp³-hybridized carbons (Fsp3) is 0.286. The minimum Gasteiger partial charge on any atom is -0.469 e. The highest BCUT2D eigenvalue weighted by Crippen LogP contribution is 2.21. The molecule has 4 nitrogen and oxygen atoms in total. The highest BCUT2D eigenvalue weighted by molar-refractivity contribution is 6.41. The number of carbonyl (C=O) groups excluding carboxylic acids is 1. The van der Waals surface area contributed by atoms with Crippen LogP contribution >= 0.6 is 23.2 Å². The summed E-state index contributed by atoms with van der Waals surface area (Å²) in [4.78, 5) is 18.3. The van der Waals surface area contributed by atoms with Gasteiger partial charge in [0.1, 0.15) is 11.3 Å². The van der Waals surface area contributed by atoms with Gasteiger partial charge in [0, 0.05) is 0 Å². The molecule has 0 saturated carbocycles. The molecule has 0 aliphatic carbocycles. The SMILES string of the molecule is COC(=O)Cc1ncnc(Cl)c1Cl. The van der Waals surface area contributed by atoms with Crippen molar-refractivity contribution in [2.45, 2.75) is 6.42 Å². The molecule has 70 valence electrons. The van der Waals surface area contributed by atoms with Crippen LogP contribution in [-0.4, -0.2) is 23.0 Å². The molecule has 0 fully saturated rings. The molecule has 0 amide bonds. The first-order chi connectivity index (χ1) is 6.15. The Bertz CT molecular complexity index is 330. The van der Waals surface area contributed by atoms with Gasteiger partial charge in [0.25, 0.3) is 0 Å². The van der Waals surface area contributed by atoms with Crippen LogP contribution in [0.25, 0.3) is 0 Å². The third-order valence-electron chi connectivity index (χ3n) is 1.36. The van der Waals surface area contributed by atoms with Gasteiger partial charge >= 0.3 is 5.97 Å². The summed E-state index contributed by atoms with van der Waals surface area (Å²) < 4.78 is 4.45. The first kappa shape index (κ1) is 10.2. The average molecular weight is 221 g/mol. The van der Waals surface area contributed by atoms with Crippen molar-refractivity contribution in [2.24, 2.45) is 0 Å². The Morgan fingerprint density at radius 2 is 2.23 bits per heavy atom. The summed E-state index contributed by atoms with van der Waals surface area (Å²) in [6.45, 7) is 0. The second kappa shape index (κ2) is 4.39. The largest absolute Gasteiger partial charge is 0.469 e. The zero-order chi connectivity index (χ0) is 9.84. The van der Waals surface area contributed by atoms with E-state index in [-0.39, 0.29) is 16.6 Å². The number of rotatable bonds is 2. The van der Waals surface area contributed by atoms with Crippen LogP contribution in [0, 0.1) is 0 Å². The molecule has 0 aliphatic heterocycles. The van der Waals surface area contributed by atoms with Crippen molar-refractivity contribution in [1.29, 1.82) is 0 Å². The van der Waals surface area contributed by atoms with Gasteiger partial charge in [-0.2, -0.15) is 0 Å². The van der Waals surface area contributed by atoms with Gasteiger partial charge in [-0.3, -0.25) is 4.79 Å². The molecule has 1 aromatic rings. The minimum atomic E-state index is -0.420. The fourth-order valence-electron chi connectivity index (χ4n) is 0.714. The van der Waals surface area contributed by atoms with Crippen molar-refractivity contribution in [3.63, 3.8) is 0 Å². The van der Waals surface area contributed by atoms with Crippen LogP contribution < -0.4 is 0 Å². The number of carbonyl (C=O) groups is 1. The number of hydrogen-bond donors (Lipinski definition) is 0. The van der Waals surface area contributed by atoms with Crippen LogP contribution in [-0.2, 0) is 16.0 Å². The lowest BCUT2D eigenvalue weighted by atomic mass is 10.3. The first-order valence-electron chi connectivity index (χ1n) is 3.37. The lowest BCUT2D eigenvalue weighted by molar-refractivity contribution is -0.139. The van der Waals surface area contributed by atoms with E-state index in [4.69, 9.17) is 23.2 Å². The standard InChI is InChI=1S/C7H6Cl2N2O2/c1-13-5(12)2-4-6(8)7(9)11-3-10-4/h3H,2H2,1H3. The summed E-state index contributed by atoms with van der Waals surface area (Å²) in [5.74, 6) is -0.420. The first-order valence-corrected chi connectivity index (χ1v) is 4.12.